The summed E-state index contributed by atoms with van der Waals surface area (Å²) in [4.78, 5) is 21.4. The lowest BCUT2D eigenvalue weighted by Gasteiger charge is -2.30. The molecule has 1 amide bonds. The molecular weight excluding hydrogens is 398 g/mol. The highest BCUT2D eigenvalue weighted by Gasteiger charge is 2.49. The Morgan fingerprint density at radius 1 is 1.36 bits per heavy atom. The Hall–Kier alpha value is -2.46. The summed E-state index contributed by atoms with van der Waals surface area (Å²) in [5, 5.41) is 7.00. The number of carbonyl (C=O) groups is 1. The fourth-order valence-corrected chi connectivity index (χ4v) is 5.33. The van der Waals surface area contributed by atoms with E-state index in [4.69, 9.17) is 5.73 Å². The van der Waals surface area contributed by atoms with E-state index in [1.807, 2.05) is 6.07 Å². The number of aliphatic imine (C=N–C) groups is 1. The molecule has 150 valence electrons. The van der Waals surface area contributed by atoms with E-state index in [-0.39, 0.29) is 17.8 Å². The molecule has 1 aromatic heterocycles. The van der Waals surface area contributed by atoms with Crippen LogP contribution in [0.25, 0.3) is 0 Å². The van der Waals surface area contributed by atoms with E-state index in [9.17, 15) is 13.2 Å². The standard InChI is InChI=1S/C18H23N5O3S2/c1-18(16-21-13(19)10-27-16,14(28(25)26)11-8-9-11)23-17(20-2)22-15(24)12-6-4-3-5-7-12/h3-7,10-11,14,28H,8-9,19H2,1-2H3,(H2,20,22,23,24). The SMILES string of the molecule is CN/C(=N\C(C)(c1nc(N)cs1)C(C1CC1)[SH](=O)=O)NC(=O)c1ccccc1. The Morgan fingerprint density at radius 2 is 2.04 bits per heavy atom. The van der Waals surface area contributed by atoms with Gasteiger partial charge in [-0.05, 0) is 37.8 Å². The Morgan fingerprint density at radius 3 is 2.54 bits per heavy atom. The van der Waals surface area contributed by atoms with Gasteiger partial charge in [-0.25, -0.2) is 18.4 Å². The number of carbonyl (C=O) groups excluding carboxylic acids is 1. The summed E-state index contributed by atoms with van der Waals surface area (Å²) in [6, 6.07) is 8.71. The highest BCUT2D eigenvalue weighted by atomic mass is 32.2. The van der Waals surface area contributed by atoms with Gasteiger partial charge in [0.25, 0.3) is 5.91 Å². The van der Waals surface area contributed by atoms with E-state index < -0.39 is 21.5 Å². The van der Waals surface area contributed by atoms with Crippen LogP contribution < -0.4 is 16.4 Å². The van der Waals surface area contributed by atoms with Gasteiger partial charge in [0, 0.05) is 18.0 Å². The minimum absolute atomic E-state index is 0.0166. The first kappa shape index (κ1) is 20.3. The topological polar surface area (TPSA) is 127 Å². The van der Waals surface area contributed by atoms with Crippen molar-refractivity contribution < 1.29 is 13.2 Å². The molecule has 1 aliphatic rings. The molecule has 1 aliphatic carbocycles. The van der Waals surface area contributed by atoms with Gasteiger partial charge in [0.1, 0.15) is 27.1 Å². The van der Waals surface area contributed by atoms with Gasteiger partial charge >= 0.3 is 0 Å². The maximum absolute atomic E-state index is 12.5. The van der Waals surface area contributed by atoms with E-state index in [1.165, 1.54) is 11.3 Å². The van der Waals surface area contributed by atoms with E-state index in [0.717, 1.165) is 12.8 Å². The molecule has 2 unspecified atom stereocenters. The number of nitrogens with one attached hydrogen (secondary N) is 2. The van der Waals surface area contributed by atoms with Crippen LogP contribution in [-0.4, -0.2) is 37.6 Å². The number of anilines is 1. The number of hydrogen-bond donors (Lipinski definition) is 4. The smallest absolute Gasteiger partial charge is 0.257 e. The van der Waals surface area contributed by atoms with Crippen molar-refractivity contribution in [2.24, 2.45) is 10.9 Å². The second-order valence-electron chi connectivity index (χ2n) is 6.82. The van der Waals surface area contributed by atoms with Gasteiger partial charge in [-0.15, -0.1) is 11.3 Å². The van der Waals surface area contributed by atoms with Crippen molar-refractivity contribution in [2.45, 2.75) is 30.6 Å². The second-order valence-corrected chi connectivity index (χ2v) is 8.81. The van der Waals surface area contributed by atoms with Gasteiger partial charge in [0.05, 0.1) is 5.25 Å². The minimum atomic E-state index is -2.76. The maximum atomic E-state index is 12.5. The number of thiazole rings is 1. The quantitative estimate of drug-likeness (QED) is 0.317. The molecule has 10 heteroatoms. The highest BCUT2D eigenvalue weighted by molar-refractivity contribution is 7.73. The molecule has 1 saturated carbocycles. The van der Waals surface area contributed by atoms with Crippen LogP contribution >= 0.6 is 11.3 Å². The molecule has 2 aromatic rings. The molecule has 8 nitrogen and oxygen atoms in total. The van der Waals surface area contributed by atoms with Gasteiger partial charge in [0.2, 0.25) is 0 Å². The molecular formula is C18H23N5O3S2. The largest absolute Gasteiger partial charge is 0.383 e. The van der Waals surface area contributed by atoms with Gasteiger partial charge in [-0.2, -0.15) is 0 Å². The van der Waals surface area contributed by atoms with Gasteiger partial charge in [0.15, 0.2) is 5.96 Å². The van der Waals surface area contributed by atoms with Gasteiger partial charge in [-0.3, -0.25) is 10.1 Å². The molecule has 3 rings (SSSR count). The number of nitrogens with two attached hydrogens (primary N) is 1. The zero-order valence-electron chi connectivity index (χ0n) is 15.6. The van der Waals surface area contributed by atoms with Crippen molar-refractivity contribution in [1.82, 2.24) is 15.6 Å². The lowest BCUT2D eigenvalue weighted by molar-refractivity contribution is 0.0975. The summed E-state index contributed by atoms with van der Waals surface area (Å²) in [6.07, 6.45) is 1.65. The molecule has 0 radical (unpaired) electrons. The summed E-state index contributed by atoms with van der Waals surface area (Å²) in [7, 11) is -1.15. The van der Waals surface area contributed by atoms with Crippen LogP contribution in [0.1, 0.15) is 35.1 Å². The normalized spacial score (nSPS) is 17.8. The number of hydrogen-bond acceptors (Lipinski definition) is 7. The summed E-state index contributed by atoms with van der Waals surface area (Å²) in [5.41, 5.74) is 5.08. The third-order valence-corrected chi connectivity index (χ3v) is 7.14. The zero-order valence-corrected chi connectivity index (χ0v) is 17.3. The van der Waals surface area contributed by atoms with Gasteiger partial charge < -0.3 is 11.1 Å². The van der Waals surface area contributed by atoms with Crippen molar-refractivity contribution in [1.29, 1.82) is 0 Å². The van der Waals surface area contributed by atoms with E-state index in [0.29, 0.717) is 16.4 Å². The predicted molar refractivity (Wildman–Crippen MR) is 111 cm³/mol. The summed E-state index contributed by atoms with van der Waals surface area (Å²) in [5.74, 6) is 0.163. The molecule has 4 N–H and O–H groups in total. The molecule has 0 spiro atoms. The predicted octanol–water partition coefficient (Wildman–Crippen LogP) is 1.34. The molecule has 0 bridgehead atoms. The van der Waals surface area contributed by atoms with Crippen molar-refractivity contribution in [3.05, 3.63) is 46.3 Å². The third kappa shape index (κ3) is 4.33. The zero-order chi connectivity index (χ0) is 20.3. The van der Waals surface area contributed by atoms with Crippen LogP contribution in [0.3, 0.4) is 0 Å². The minimum Gasteiger partial charge on any atom is -0.383 e. The van der Waals surface area contributed by atoms with Crippen molar-refractivity contribution >= 4 is 39.7 Å². The Labute approximate surface area is 169 Å². The van der Waals surface area contributed by atoms with Crippen molar-refractivity contribution in [2.75, 3.05) is 12.8 Å². The van der Waals surface area contributed by atoms with E-state index in [2.05, 4.69) is 20.6 Å². The van der Waals surface area contributed by atoms with Crippen LogP contribution in [0.5, 0.6) is 0 Å². The number of rotatable bonds is 6. The molecule has 0 aliphatic heterocycles. The maximum Gasteiger partial charge on any atom is 0.257 e. The van der Waals surface area contributed by atoms with Gasteiger partial charge in [-0.1, -0.05) is 18.2 Å². The summed E-state index contributed by atoms with van der Waals surface area (Å²) >= 11 is 1.26. The van der Waals surface area contributed by atoms with Crippen LogP contribution in [-0.2, 0) is 16.2 Å². The average Bonchev–Trinajstić information content (AvgIpc) is 3.39. The number of nitrogens with zero attached hydrogens (tertiary/aromatic N) is 2. The van der Waals surface area contributed by atoms with E-state index >= 15 is 0 Å². The molecule has 0 saturated heterocycles. The second kappa shape index (κ2) is 8.27. The first-order valence-corrected chi connectivity index (χ1v) is 11.0. The number of guanidine groups is 1. The highest BCUT2D eigenvalue weighted by Crippen LogP contribution is 2.45. The summed E-state index contributed by atoms with van der Waals surface area (Å²) in [6.45, 7) is 1.73. The fraction of sp³-hybridized carbons (Fsp3) is 0.389. The van der Waals surface area contributed by atoms with Crippen LogP contribution in [0, 0.1) is 5.92 Å². The Balaban J connectivity index is 2.00. The third-order valence-electron chi connectivity index (χ3n) is 4.68. The monoisotopic (exact) mass is 421 g/mol. The number of benzene rings is 1. The average molecular weight is 422 g/mol. The molecule has 1 heterocycles. The van der Waals surface area contributed by atoms with Crippen LogP contribution in [0.15, 0.2) is 40.7 Å². The number of nitrogen functional groups attached to an aromatic ring is 1. The van der Waals surface area contributed by atoms with Crippen molar-refractivity contribution in [3.8, 4) is 0 Å². The molecule has 1 aromatic carbocycles. The lowest BCUT2D eigenvalue weighted by atomic mass is 9.95. The first-order valence-electron chi connectivity index (χ1n) is 8.84. The molecule has 28 heavy (non-hydrogen) atoms. The fourth-order valence-electron chi connectivity index (χ4n) is 3.16. The first-order chi connectivity index (χ1) is 13.3. The van der Waals surface area contributed by atoms with Crippen LogP contribution in [0.4, 0.5) is 5.82 Å². The van der Waals surface area contributed by atoms with Crippen LogP contribution in [0.2, 0.25) is 0 Å². The summed E-state index contributed by atoms with van der Waals surface area (Å²) < 4.78 is 24.3. The van der Waals surface area contributed by atoms with E-state index in [1.54, 1.807) is 43.6 Å². The lowest BCUT2D eigenvalue weighted by Crippen LogP contribution is -2.45. The molecule has 1 fully saturated rings. The Kier molecular flexibility index (Phi) is 5.99. The van der Waals surface area contributed by atoms with Crippen molar-refractivity contribution in [3.63, 3.8) is 0 Å². The Bertz CT molecular complexity index is 945. The molecule has 2 atom stereocenters. The number of aromatic nitrogens is 1. The number of thiol groups is 1. The number of amides is 1.